The number of carbonyl (C=O) groups is 1. The molecule has 3 heterocycles. The minimum absolute atomic E-state index is 0.263. The van der Waals surface area contributed by atoms with E-state index in [1.54, 1.807) is 6.20 Å². The van der Waals surface area contributed by atoms with Gasteiger partial charge in [0, 0.05) is 32.7 Å². The van der Waals surface area contributed by atoms with Gasteiger partial charge >= 0.3 is 5.97 Å². The van der Waals surface area contributed by atoms with Gasteiger partial charge in [0.25, 0.3) is 0 Å². The molecule has 1 aromatic rings. The average Bonchev–Trinajstić information content (AvgIpc) is 3.07. The van der Waals surface area contributed by atoms with Crippen molar-refractivity contribution in [2.45, 2.75) is 19.8 Å². The van der Waals surface area contributed by atoms with Crippen molar-refractivity contribution in [3.8, 4) is 0 Å². The second kappa shape index (κ2) is 8.08. The molecule has 3 rings (SSSR count). The molecule has 2 aliphatic rings. The predicted molar refractivity (Wildman–Crippen MR) is 92.3 cm³/mol. The Morgan fingerprint density at radius 2 is 2.09 bits per heavy atom. The Labute approximate surface area is 141 Å². The van der Waals surface area contributed by atoms with Crippen molar-refractivity contribution in [1.29, 1.82) is 0 Å². The van der Waals surface area contributed by atoms with Crippen LogP contribution in [0.15, 0.2) is 6.20 Å². The highest BCUT2D eigenvalue weighted by molar-refractivity contribution is 7.17. The molecule has 0 atom stereocenters. The fraction of sp³-hybridized carbons (Fsp3) is 0.750. The van der Waals surface area contributed by atoms with Crippen LogP contribution < -0.4 is 10.2 Å². The van der Waals surface area contributed by atoms with Gasteiger partial charge in [-0.2, -0.15) is 0 Å². The third-order valence-electron chi connectivity index (χ3n) is 4.59. The molecule has 0 spiro atoms. The SMILES string of the molecule is CCOC(=O)c1cnc(N2CCN(CC3CCNCC3)CC2)s1. The van der Waals surface area contributed by atoms with Crippen molar-refractivity contribution in [3.63, 3.8) is 0 Å². The monoisotopic (exact) mass is 338 g/mol. The lowest BCUT2D eigenvalue weighted by molar-refractivity contribution is 0.0532. The summed E-state index contributed by atoms with van der Waals surface area (Å²) >= 11 is 1.44. The van der Waals surface area contributed by atoms with E-state index in [2.05, 4.69) is 20.1 Å². The number of rotatable bonds is 5. The Hall–Kier alpha value is -1.18. The van der Waals surface area contributed by atoms with Gasteiger partial charge in [-0.25, -0.2) is 9.78 Å². The molecule has 7 heteroatoms. The molecule has 128 valence electrons. The molecule has 1 aromatic heterocycles. The Morgan fingerprint density at radius 3 is 2.78 bits per heavy atom. The Morgan fingerprint density at radius 1 is 1.35 bits per heavy atom. The van der Waals surface area contributed by atoms with Crippen molar-refractivity contribution in [1.82, 2.24) is 15.2 Å². The smallest absolute Gasteiger partial charge is 0.350 e. The summed E-state index contributed by atoms with van der Waals surface area (Å²) in [6.07, 6.45) is 4.24. The van der Waals surface area contributed by atoms with E-state index in [-0.39, 0.29) is 5.97 Å². The number of anilines is 1. The van der Waals surface area contributed by atoms with Crippen LogP contribution in [0.3, 0.4) is 0 Å². The Kier molecular flexibility index (Phi) is 5.85. The summed E-state index contributed by atoms with van der Waals surface area (Å²) in [6.45, 7) is 9.92. The topological polar surface area (TPSA) is 57.7 Å². The first-order valence-corrected chi connectivity index (χ1v) is 9.39. The number of ether oxygens (including phenoxy) is 1. The van der Waals surface area contributed by atoms with Gasteiger partial charge in [0.05, 0.1) is 12.8 Å². The molecule has 23 heavy (non-hydrogen) atoms. The summed E-state index contributed by atoms with van der Waals surface area (Å²) in [5.41, 5.74) is 0. The van der Waals surface area contributed by atoms with Crippen molar-refractivity contribution in [2.24, 2.45) is 5.92 Å². The first-order chi connectivity index (χ1) is 11.3. The Bertz CT molecular complexity index is 508. The van der Waals surface area contributed by atoms with Crippen LogP contribution in [0.5, 0.6) is 0 Å². The highest BCUT2D eigenvalue weighted by atomic mass is 32.1. The summed E-state index contributed by atoms with van der Waals surface area (Å²) in [5.74, 6) is 0.582. The van der Waals surface area contributed by atoms with E-state index in [1.165, 1.54) is 43.8 Å². The highest BCUT2D eigenvalue weighted by Gasteiger charge is 2.23. The molecule has 2 saturated heterocycles. The largest absolute Gasteiger partial charge is 0.462 e. The van der Waals surface area contributed by atoms with Crippen molar-refractivity contribution in [2.75, 3.05) is 57.3 Å². The van der Waals surface area contributed by atoms with Gasteiger partial charge in [-0.15, -0.1) is 0 Å². The van der Waals surface area contributed by atoms with Crippen molar-refractivity contribution < 1.29 is 9.53 Å². The number of esters is 1. The molecule has 0 aromatic carbocycles. The molecule has 2 aliphatic heterocycles. The molecule has 0 radical (unpaired) electrons. The average molecular weight is 338 g/mol. The van der Waals surface area contributed by atoms with Crippen molar-refractivity contribution in [3.05, 3.63) is 11.1 Å². The lowest BCUT2D eigenvalue weighted by Gasteiger charge is -2.37. The predicted octanol–water partition coefficient (Wildman–Crippen LogP) is 1.44. The molecule has 0 amide bonds. The number of nitrogens with zero attached hydrogens (tertiary/aromatic N) is 3. The van der Waals surface area contributed by atoms with Crippen LogP contribution in [0.4, 0.5) is 5.13 Å². The van der Waals surface area contributed by atoms with Gasteiger partial charge < -0.3 is 15.0 Å². The molecule has 2 fully saturated rings. The minimum Gasteiger partial charge on any atom is -0.462 e. The molecule has 1 N–H and O–H groups in total. The minimum atomic E-state index is -0.263. The molecular formula is C16H26N4O2S. The summed E-state index contributed by atoms with van der Waals surface area (Å²) in [6, 6.07) is 0. The zero-order valence-corrected chi connectivity index (χ0v) is 14.6. The quantitative estimate of drug-likeness (QED) is 0.820. The van der Waals surface area contributed by atoms with E-state index >= 15 is 0 Å². The number of hydrogen-bond donors (Lipinski definition) is 1. The van der Waals surface area contributed by atoms with Crippen LogP contribution in [0.25, 0.3) is 0 Å². The molecule has 0 bridgehead atoms. The number of thiazole rings is 1. The van der Waals surface area contributed by atoms with Gasteiger partial charge in [-0.3, -0.25) is 4.90 Å². The maximum atomic E-state index is 11.7. The van der Waals surface area contributed by atoms with Crippen LogP contribution in [0, 0.1) is 5.92 Å². The summed E-state index contributed by atoms with van der Waals surface area (Å²) in [4.78, 5) is 21.6. The van der Waals surface area contributed by atoms with E-state index in [1.807, 2.05) is 6.92 Å². The fourth-order valence-electron chi connectivity index (χ4n) is 3.26. The lowest BCUT2D eigenvalue weighted by atomic mass is 9.97. The first kappa shape index (κ1) is 16.7. The van der Waals surface area contributed by atoms with E-state index in [0.29, 0.717) is 11.5 Å². The van der Waals surface area contributed by atoms with Gasteiger partial charge in [0.2, 0.25) is 0 Å². The summed E-state index contributed by atoms with van der Waals surface area (Å²) in [7, 11) is 0. The first-order valence-electron chi connectivity index (χ1n) is 8.57. The van der Waals surface area contributed by atoms with Gasteiger partial charge in [-0.1, -0.05) is 11.3 Å². The molecule has 0 saturated carbocycles. The van der Waals surface area contributed by atoms with Crippen molar-refractivity contribution >= 4 is 22.4 Å². The van der Waals surface area contributed by atoms with Gasteiger partial charge in [0.1, 0.15) is 4.88 Å². The number of hydrogen-bond acceptors (Lipinski definition) is 7. The maximum absolute atomic E-state index is 11.7. The lowest BCUT2D eigenvalue weighted by Crippen LogP contribution is -2.48. The van der Waals surface area contributed by atoms with Crippen LogP contribution in [0.2, 0.25) is 0 Å². The van der Waals surface area contributed by atoms with E-state index < -0.39 is 0 Å². The van der Waals surface area contributed by atoms with Gasteiger partial charge in [0.15, 0.2) is 5.13 Å². The molecule has 0 aliphatic carbocycles. The molecule has 6 nitrogen and oxygen atoms in total. The summed E-state index contributed by atoms with van der Waals surface area (Å²) < 4.78 is 5.03. The maximum Gasteiger partial charge on any atom is 0.350 e. The normalized spacial score (nSPS) is 20.7. The number of nitrogens with one attached hydrogen (secondary N) is 1. The van der Waals surface area contributed by atoms with Crippen LogP contribution in [-0.4, -0.2) is 68.3 Å². The number of piperidine rings is 1. The molecule has 0 unspecified atom stereocenters. The highest BCUT2D eigenvalue weighted by Crippen LogP contribution is 2.24. The third-order valence-corrected chi connectivity index (χ3v) is 5.63. The fourth-order valence-corrected chi connectivity index (χ4v) is 4.12. The van der Waals surface area contributed by atoms with E-state index in [4.69, 9.17) is 4.74 Å². The van der Waals surface area contributed by atoms with E-state index in [0.717, 1.165) is 37.2 Å². The third kappa shape index (κ3) is 4.43. The number of carbonyl (C=O) groups excluding carboxylic acids is 1. The van der Waals surface area contributed by atoms with Crippen LogP contribution in [0.1, 0.15) is 29.4 Å². The van der Waals surface area contributed by atoms with E-state index in [9.17, 15) is 4.79 Å². The second-order valence-corrected chi connectivity index (χ2v) is 7.22. The molecular weight excluding hydrogens is 312 g/mol. The zero-order chi connectivity index (χ0) is 16.1. The Balaban J connectivity index is 1.47. The summed E-state index contributed by atoms with van der Waals surface area (Å²) in [5, 5.41) is 4.37. The zero-order valence-electron chi connectivity index (χ0n) is 13.8. The second-order valence-electron chi connectivity index (χ2n) is 6.21. The van der Waals surface area contributed by atoms with Crippen LogP contribution >= 0.6 is 11.3 Å². The number of piperazine rings is 1. The number of aromatic nitrogens is 1. The standard InChI is InChI=1S/C16H26N4O2S/c1-2-22-15(21)14-11-18-16(23-14)20-9-7-19(8-10-20)12-13-3-5-17-6-4-13/h11,13,17H,2-10,12H2,1H3. The van der Waals surface area contributed by atoms with Crippen LogP contribution in [-0.2, 0) is 4.74 Å². The van der Waals surface area contributed by atoms with Gasteiger partial charge in [-0.05, 0) is 38.8 Å².